The lowest BCUT2D eigenvalue weighted by Gasteiger charge is -2.26. The molecule has 2 aromatic heterocycles. The summed E-state index contributed by atoms with van der Waals surface area (Å²) in [4.78, 5) is 4.55. The van der Waals surface area contributed by atoms with E-state index in [1.54, 1.807) is 11.3 Å². The molecule has 0 saturated heterocycles. The highest BCUT2D eigenvalue weighted by Gasteiger charge is 2.21. The zero-order valence-electron chi connectivity index (χ0n) is 16.9. The molecule has 1 fully saturated rings. The molecule has 0 amide bonds. The third-order valence-electron chi connectivity index (χ3n) is 5.75. The second kappa shape index (κ2) is 8.04. The lowest BCUT2D eigenvalue weighted by molar-refractivity contribution is 0.376. The smallest absolute Gasteiger partial charge is 0.250 e. The van der Waals surface area contributed by atoms with Gasteiger partial charge in [0.05, 0.1) is 0 Å². The molecular formula is C24H28N2OS. The van der Waals surface area contributed by atoms with Gasteiger partial charge in [0.2, 0.25) is 5.82 Å². The van der Waals surface area contributed by atoms with Gasteiger partial charge in [-0.15, -0.1) is 0 Å². The Bertz CT molecular complexity index is 908. The van der Waals surface area contributed by atoms with E-state index in [1.165, 1.54) is 36.8 Å². The zero-order valence-corrected chi connectivity index (χ0v) is 17.7. The summed E-state index contributed by atoms with van der Waals surface area (Å²) in [6.07, 6.45) is 9.24. The molecule has 0 bridgehead atoms. The summed E-state index contributed by atoms with van der Waals surface area (Å²) in [5, 5.41) is 8.64. The van der Waals surface area contributed by atoms with E-state index in [0.717, 1.165) is 11.5 Å². The SMILES string of the molecule is CC(C)(C)c1ccc(-c2noc(C=CC3CCC(c4ccsc4)CC3)n2)cc1. The Balaban J connectivity index is 1.36. The van der Waals surface area contributed by atoms with Crippen molar-refractivity contribution >= 4 is 17.4 Å². The van der Waals surface area contributed by atoms with E-state index in [-0.39, 0.29) is 5.41 Å². The summed E-state index contributed by atoms with van der Waals surface area (Å²) in [5.74, 6) is 2.59. The highest BCUT2D eigenvalue weighted by molar-refractivity contribution is 7.07. The van der Waals surface area contributed by atoms with E-state index in [9.17, 15) is 0 Å². The van der Waals surface area contributed by atoms with Crippen molar-refractivity contribution in [2.45, 2.75) is 57.8 Å². The van der Waals surface area contributed by atoms with E-state index in [4.69, 9.17) is 4.52 Å². The third-order valence-corrected chi connectivity index (χ3v) is 6.45. The minimum atomic E-state index is 0.145. The molecular weight excluding hydrogens is 364 g/mol. The molecule has 0 atom stereocenters. The van der Waals surface area contributed by atoms with Crippen LogP contribution in [0.1, 0.15) is 69.4 Å². The Morgan fingerprint density at radius 1 is 1.04 bits per heavy atom. The molecule has 0 spiro atoms. The number of nitrogens with zero attached hydrogens (tertiary/aromatic N) is 2. The number of rotatable bonds is 4. The van der Waals surface area contributed by atoms with Gasteiger partial charge in [0.25, 0.3) is 5.89 Å². The van der Waals surface area contributed by atoms with Crippen LogP contribution in [0.25, 0.3) is 17.5 Å². The first-order chi connectivity index (χ1) is 13.5. The summed E-state index contributed by atoms with van der Waals surface area (Å²) in [5.41, 5.74) is 3.96. The molecule has 4 rings (SSSR count). The van der Waals surface area contributed by atoms with E-state index in [2.05, 4.69) is 78.1 Å². The first-order valence-electron chi connectivity index (χ1n) is 10.1. The standard InChI is InChI=1S/C24H28N2OS/c1-24(2,3)21-11-9-19(10-12-21)23-25-22(27-26-23)13-6-17-4-7-18(8-5-17)20-14-15-28-16-20/h6,9-18H,4-5,7-8H2,1-3H3. The third kappa shape index (κ3) is 4.44. The van der Waals surface area contributed by atoms with E-state index in [1.807, 2.05) is 6.08 Å². The molecule has 1 saturated carbocycles. The summed E-state index contributed by atoms with van der Waals surface area (Å²) in [6, 6.07) is 10.7. The fraction of sp³-hybridized carbons (Fsp3) is 0.417. The van der Waals surface area contributed by atoms with Gasteiger partial charge in [-0.05, 0) is 77.0 Å². The number of hydrogen-bond donors (Lipinski definition) is 0. The van der Waals surface area contributed by atoms with Crippen LogP contribution < -0.4 is 0 Å². The summed E-state index contributed by atoms with van der Waals surface area (Å²) in [6.45, 7) is 6.65. The number of allylic oxidation sites excluding steroid dienone is 1. The van der Waals surface area contributed by atoms with Crippen LogP contribution in [-0.2, 0) is 5.41 Å². The van der Waals surface area contributed by atoms with Gasteiger partial charge in [-0.3, -0.25) is 0 Å². The lowest BCUT2D eigenvalue weighted by atomic mass is 9.79. The molecule has 3 nitrogen and oxygen atoms in total. The fourth-order valence-corrected chi connectivity index (χ4v) is 4.65. The Kier molecular flexibility index (Phi) is 5.49. The minimum Gasteiger partial charge on any atom is -0.334 e. The number of aromatic nitrogens is 2. The quantitative estimate of drug-likeness (QED) is 0.476. The number of hydrogen-bond acceptors (Lipinski definition) is 4. The van der Waals surface area contributed by atoms with Crippen molar-refractivity contribution in [2.24, 2.45) is 5.92 Å². The van der Waals surface area contributed by atoms with Crippen molar-refractivity contribution in [3.8, 4) is 11.4 Å². The number of benzene rings is 1. The molecule has 1 aromatic carbocycles. The van der Waals surface area contributed by atoms with Crippen molar-refractivity contribution in [1.29, 1.82) is 0 Å². The molecule has 1 aliphatic carbocycles. The zero-order chi connectivity index (χ0) is 19.6. The van der Waals surface area contributed by atoms with Crippen LogP contribution in [0.2, 0.25) is 0 Å². The van der Waals surface area contributed by atoms with E-state index < -0.39 is 0 Å². The van der Waals surface area contributed by atoms with Gasteiger partial charge < -0.3 is 4.52 Å². The van der Waals surface area contributed by atoms with Gasteiger partial charge in [0.15, 0.2) is 0 Å². The maximum absolute atomic E-state index is 5.44. The van der Waals surface area contributed by atoms with Gasteiger partial charge in [-0.2, -0.15) is 16.3 Å². The normalized spacial score (nSPS) is 20.7. The Hall–Kier alpha value is -2.20. The maximum atomic E-state index is 5.44. The lowest BCUT2D eigenvalue weighted by Crippen LogP contribution is -2.11. The highest BCUT2D eigenvalue weighted by atomic mass is 32.1. The largest absolute Gasteiger partial charge is 0.334 e. The first-order valence-corrected chi connectivity index (χ1v) is 11.1. The van der Waals surface area contributed by atoms with Crippen molar-refractivity contribution in [3.63, 3.8) is 0 Å². The van der Waals surface area contributed by atoms with Crippen molar-refractivity contribution < 1.29 is 4.52 Å². The Morgan fingerprint density at radius 2 is 1.79 bits per heavy atom. The molecule has 146 valence electrons. The molecule has 28 heavy (non-hydrogen) atoms. The van der Waals surface area contributed by atoms with Crippen molar-refractivity contribution in [2.75, 3.05) is 0 Å². The predicted octanol–water partition coefficient (Wildman–Crippen LogP) is 7.08. The molecule has 4 heteroatoms. The molecule has 0 unspecified atom stereocenters. The second-order valence-corrected chi connectivity index (χ2v) is 9.59. The van der Waals surface area contributed by atoms with Gasteiger partial charge in [-0.1, -0.05) is 56.3 Å². The topological polar surface area (TPSA) is 38.9 Å². The molecule has 0 aliphatic heterocycles. The average Bonchev–Trinajstić information content (AvgIpc) is 3.38. The van der Waals surface area contributed by atoms with Crippen LogP contribution in [0.15, 0.2) is 51.7 Å². The van der Waals surface area contributed by atoms with E-state index in [0.29, 0.717) is 17.6 Å². The van der Waals surface area contributed by atoms with Gasteiger partial charge in [-0.25, -0.2) is 0 Å². The van der Waals surface area contributed by atoms with Gasteiger partial charge in [0, 0.05) is 5.56 Å². The predicted molar refractivity (Wildman–Crippen MR) is 116 cm³/mol. The van der Waals surface area contributed by atoms with Crippen LogP contribution in [0.3, 0.4) is 0 Å². The highest BCUT2D eigenvalue weighted by Crippen LogP contribution is 2.37. The molecule has 2 heterocycles. The first kappa shape index (κ1) is 19.1. The molecule has 1 aliphatic rings. The molecule has 3 aromatic rings. The van der Waals surface area contributed by atoms with Crippen LogP contribution >= 0.6 is 11.3 Å². The van der Waals surface area contributed by atoms with E-state index >= 15 is 0 Å². The van der Waals surface area contributed by atoms with Gasteiger partial charge in [0.1, 0.15) is 0 Å². The van der Waals surface area contributed by atoms with Gasteiger partial charge >= 0.3 is 0 Å². The number of thiophene rings is 1. The van der Waals surface area contributed by atoms with Crippen molar-refractivity contribution in [3.05, 3.63) is 64.2 Å². The van der Waals surface area contributed by atoms with Crippen LogP contribution in [0.5, 0.6) is 0 Å². The average molecular weight is 393 g/mol. The fourth-order valence-electron chi connectivity index (χ4n) is 3.91. The summed E-state index contributed by atoms with van der Waals surface area (Å²) >= 11 is 1.80. The Morgan fingerprint density at radius 3 is 2.43 bits per heavy atom. The Labute approximate surface area is 171 Å². The molecule has 0 N–H and O–H groups in total. The van der Waals surface area contributed by atoms with Crippen LogP contribution in [-0.4, -0.2) is 10.1 Å². The molecule has 0 radical (unpaired) electrons. The summed E-state index contributed by atoms with van der Waals surface area (Å²) in [7, 11) is 0. The maximum Gasteiger partial charge on any atom is 0.250 e. The van der Waals surface area contributed by atoms with Crippen molar-refractivity contribution in [1.82, 2.24) is 10.1 Å². The monoisotopic (exact) mass is 392 g/mol. The van der Waals surface area contributed by atoms with Crippen LogP contribution in [0, 0.1) is 5.92 Å². The van der Waals surface area contributed by atoms with Crippen LogP contribution in [0.4, 0.5) is 0 Å². The minimum absolute atomic E-state index is 0.145. The second-order valence-electron chi connectivity index (χ2n) is 8.81. The summed E-state index contributed by atoms with van der Waals surface area (Å²) < 4.78 is 5.44.